The summed E-state index contributed by atoms with van der Waals surface area (Å²) in [6, 6.07) is 9.41. The van der Waals surface area contributed by atoms with Crippen molar-refractivity contribution in [2.24, 2.45) is 0 Å². The number of rotatable bonds is 5. The van der Waals surface area contributed by atoms with Gasteiger partial charge >= 0.3 is 0 Å². The summed E-state index contributed by atoms with van der Waals surface area (Å²) >= 11 is 0. The highest BCUT2D eigenvalue weighted by Crippen LogP contribution is 2.31. The molecule has 1 aliphatic rings. The summed E-state index contributed by atoms with van der Waals surface area (Å²) in [5.74, 6) is 0. The van der Waals surface area contributed by atoms with Crippen molar-refractivity contribution in [1.29, 1.82) is 0 Å². The van der Waals surface area contributed by atoms with Crippen molar-refractivity contribution in [3.63, 3.8) is 0 Å². The van der Waals surface area contributed by atoms with E-state index in [4.69, 9.17) is 0 Å². The van der Waals surface area contributed by atoms with Gasteiger partial charge in [-0.2, -0.15) is 0 Å². The van der Waals surface area contributed by atoms with Crippen molar-refractivity contribution in [2.75, 3.05) is 18.0 Å². The molecule has 2 aromatic rings. The van der Waals surface area contributed by atoms with E-state index in [9.17, 15) is 8.42 Å². The Balaban J connectivity index is 1.91. The number of benzene rings is 1. The molecule has 1 aromatic carbocycles. The lowest BCUT2D eigenvalue weighted by atomic mass is 10.1. The molecule has 6 heteroatoms. The molecule has 0 aliphatic carbocycles. The molecule has 2 heterocycles. The molecule has 0 radical (unpaired) electrons. The molecule has 0 saturated carbocycles. The van der Waals surface area contributed by atoms with Gasteiger partial charge in [-0.05, 0) is 42.7 Å². The van der Waals surface area contributed by atoms with Crippen LogP contribution in [0.2, 0.25) is 0 Å². The summed E-state index contributed by atoms with van der Waals surface area (Å²) in [5.41, 5.74) is 4.38. The van der Waals surface area contributed by atoms with Crippen LogP contribution in [-0.4, -0.2) is 26.5 Å². The first kappa shape index (κ1) is 16.0. The Morgan fingerprint density at radius 1 is 1.30 bits per heavy atom. The second kappa shape index (κ2) is 6.29. The molecule has 3 rings (SSSR count). The van der Waals surface area contributed by atoms with Gasteiger partial charge in [0.2, 0.25) is 10.0 Å². The lowest BCUT2D eigenvalue weighted by Gasteiger charge is -2.21. The molecule has 0 atom stereocenters. The lowest BCUT2D eigenvalue weighted by Crippen LogP contribution is -2.24. The molecule has 0 amide bonds. The predicted molar refractivity (Wildman–Crippen MR) is 91.0 cm³/mol. The highest BCUT2D eigenvalue weighted by molar-refractivity contribution is 7.89. The third kappa shape index (κ3) is 3.23. The summed E-state index contributed by atoms with van der Waals surface area (Å²) in [7, 11) is -3.43. The number of hydrogen-bond acceptors (Lipinski definition) is 4. The molecule has 0 bridgehead atoms. The number of anilines is 1. The minimum atomic E-state index is -3.43. The number of hydrogen-bond donors (Lipinski definition) is 1. The molecule has 1 N–H and O–H groups in total. The largest absolute Gasteiger partial charge is 0.367 e. The minimum Gasteiger partial charge on any atom is -0.367 e. The molecular weight excluding hydrogens is 310 g/mol. The SMILES string of the molecule is CCNS(=O)(=O)c1ccc2c(c1)N(Cc1cccnc1C)CC2. The number of sulfonamides is 1. The first-order valence-corrected chi connectivity index (χ1v) is 9.27. The zero-order valence-corrected chi connectivity index (χ0v) is 14.2. The smallest absolute Gasteiger partial charge is 0.240 e. The third-order valence-corrected chi connectivity index (χ3v) is 5.71. The maximum absolute atomic E-state index is 12.2. The Labute approximate surface area is 137 Å². The van der Waals surface area contributed by atoms with Crippen LogP contribution in [0.5, 0.6) is 0 Å². The number of nitrogens with one attached hydrogen (secondary N) is 1. The molecule has 1 aliphatic heterocycles. The van der Waals surface area contributed by atoms with E-state index >= 15 is 0 Å². The fraction of sp³-hybridized carbons (Fsp3) is 0.353. The molecule has 23 heavy (non-hydrogen) atoms. The average molecular weight is 331 g/mol. The second-order valence-electron chi connectivity index (χ2n) is 5.71. The van der Waals surface area contributed by atoms with Crippen molar-refractivity contribution >= 4 is 15.7 Å². The summed E-state index contributed by atoms with van der Waals surface area (Å²) in [5, 5.41) is 0. The monoisotopic (exact) mass is 331 g/mol. The zero-order valence-electron chi connectivity index (χ0n) is 13.4. The predicted octanol–water partition coefficient (Wildman–Crippen LogP) is 2.25. The molecule has 0 saturated heterocycles. The minimum absolute atomic E-state index is 0.327. The van der Waals surface area contributed by atoms with Gasteiger partial charge < -0.3 is 4.90 Å². The van der Waals surface area contributed by atoms with Gasteiger partial charge in [-0.3, -0.25) is 4.98 Å². The number of aryl methyl sites for hydroxylation is 1. The van der Waals surface area contributed by atoms with Crippen molar-refractivity contribution in [3.8, 4) is 0 Å². The van der Waals surface area contributed by atoms with E-state index in [1.807, 2.05) is 19.1 Å². The highest BCUT2D eigenvalue weighted by Gasteiger charge is 2.23. The van der Waals surface area contributed by atoms with E-state index in [-0.39, 0.29) is 0 Å². The van der Waals surface area contributed by atoms with E-state index < -0.39 is 10.0 Å². The molecule has 1 aromatic heterocycles. The quantitative estimate of drug-likeness (QED) is 0.913. The van der Waals surface area contributed by atoms with Gasteiger partial charge in [-0.1, -0.05) is 19.1 Å². The topological polar surface area (TPSA) is 62.3 Å². The number of aromatic nitrogens is 1. The van der Waals surface area contributed by atoms with Crippen LogP contribution in [0.4, 0.5) is 5.69 Å². The van der Waals surface area contributed by atoms with Gasteiger partial charge in [-0.25, -0.2) is 13.1 Å². The molecule has 0 spiro atoms. The third-order valence-electron chi connectivity index (χ3n) is 4.17. The van der Waals surface area contributed by atoms with Gasteiger partial charge in [0.1, 0.15) is 0 Å². The second-order valence-corrected chi connectivity index (χ2v) is 7.48. The van der Waals surface area contributed by atoms with Gasteiger partial charge in [0.05, 0.1) is 4.90 Å². The fourth-order valence-electron chi connectivity index (χ4n) is 2.92. The van der Waals surface area contributed by atoms with Crippen molar-refractivity contribution in [1.82, 2.24) is 9.71 Å². The average Bonchev–Trinajstić information content (AvgIpc) is 2.92. The first-order valence-electron chi connectivity index (χ1n) is 7.79. The number of pyridine rings is 1. The Kier molecular flexibility index (Phi) is 4.37. The van der Waals surface area contributed by atoms with Gasteiger partial charge in [0.25, 0.3) is 0 Å². The standard InChI is InChI=1S/C17H21N3O2S/c1-3-19-23(21,22)16-7-6-14-8-10-20(17(14)11-16)12-15-5-4-9-18-13(15)2/h4-7,9,11,19H,3,8,10,12H2,1-2H3. The molecule has 5 nitrogen and oxygen atoms in total. The molecule has 0 unspecified atom stereocenters. The Bertz CT molecular complexity index is 818. The van der Waals surface area contributed by atoms with E-state index in [2.05, 4.69) is 20.7 Å². The highest BCUT2D eigenvalue weighted by atomic mass is 32.2. The Hall–Kier alpha value is -1.92. The van der Waals surface area contributed by atoms with E-state index in [1.165, 1.54) is 11.1 Å². The van der Waals surface area contributed by atoms with Crippen LogP contribution in [0.25, 0.3) is 0 Å². The van der Waals surface area contributed by atoms with E-state index in [0.29, 0.717) is 11.4 Å². The summed E-state index contributed by atoms with van der Waals surface area (Å²) in [6.45, 7) is 5.81. The lowest BCUT2D eigenvalue weighted by molar-refractivity contribution is 0.584. The van der Waals surface area contributed by atoms with Crippen LogP contribution >= 0.6 is 0 Å². The molecule has 122 valence electrons. The Morgan fingerprint density at radius 2 is 2.13 bits per heavy atom. The van der Waals surface area contributed by atoms with Crippen LogP contribution in [0.15, 0.2) is 41.4 Å². The maximum atomic E-state index is 12.2. The number of nitrogens with zero attached hydrogens (tertiary/aromatic N) is 2. The van der Waals surface area contributed by atoms with Crippen LogP contribution in [0.1, 0.15) is 23.7 Å². The van der Waals surface area contributed by atoms with Crippen molar-refractivity contribution in [3.05, 3.63) is 53.3 Å². The zero-order chi connectivity index (χ0) is 16.4. The molecular formula is C17H21N3O2S. The van der Waals surface area contributed by atoms with E-state index in [1.54, 1.807) is 25.3 Å². The van der Waals surface area contributed by atoms with Crippen LogP contribution < -0.4 is 9.62 Å². The van der Waals surface area contributed by atoms with Crippen molar-refractivity contribution in [2.45, 2.75) is 31.7 Å². The van der Waals surface area contributed by atoms with Crippen LogP contribution in [0, 0.1) is 6.92 Å². The van der Waals surface area contributed by atoms with E-state index in [0.717, 1.165) is 30.9 Å². The Morgan fingerprint density at radius 3 is 2.87 bits per heavy atom. The normalized spacial score (nSPS) is 14.1. The van der Waals surface area contributed by atoms with Gasteiger partial charge in [0, 0.05) is 37.2 Å². The molecule has 0 fully saturated rings. The van der Waals surface area contributed by atoms with Crippen LogP contribution in [0.3, 0.4) is 0 Å². The van der Waals surface area contributed by atoms with Gasteiger partial charge in [0.15, 0.2) is 0 Å². The number of fused-ring (bicyclic) bond motifs is 1. The summed E-state index contributed by atoms with van der Waals surface area (Å²) in [4.78, 5) is 6.88. The van der Waals surface area contributed by atoms with Crippen LogP contribution in [-0.2, 0) is 23.0 Å². The van der Waals surface area contributed by atoms with Gasteiger partial charge in [-0.15, -0.1) is 0 Å². The van der Waals surface area contributed by atoms with Crippen molar-refractivity contribution < 1.29 is 8.42 Å². The maximum Gasteiger partial charge on any atom is 0.240 e. The summed E-state index contributed by atoms with van der Waals surface area (Å²) in [6.07, 6.45) is 2.73. The summed E-state index contributed by atoms with van der Waals surface area (Å²) < 4.78 is 27.0. The first-order chi connectivity index (χ1) is 11.0. The fourth-order valence-corrected chi connectivity index (χ4v) is 3.98.